The standard InChI is InChI=1S/C6H17NO2S/c1-10(8,9)6-4-2-3-5-7/h8-9H,2-7H2,1H3. The van der Waals surface area contributed by atoms with Crippen LogP contribution in [0.15, 0.2) is 0 Å². The lowest BCUT2D eigenvalue weighted by atomic mass is 10.2. The van der Waals surface area contributed by atoms with Gasteiger partial charge in [0.25, 0.3) is 0 Å². The normalized spacial score (nSPS) is 13.6. The van der Waals surface area contributed by atoms with Crippen LogP contribution in [0.2, 0.25) is 0 Å². The van der Waals surface area contributed by atoms with Gasteiger partial charge in [-0.1, -0.05) is 6.42 Å². The fraction of sp³-hybridized carbons (Fsp3) is 1.00. The summed E-state index contributed by atoms with van der Waals surface area (Å²) in [6.45, 7) is 0.697. The van der Waals surface area contributed by atoms with Crippen molar-refractivity contribution in [3.63, 3.8) is 0 Å². The molecule has 0 radical (unpaired) electrons. The fourth-order valence-electron chi connectivity index (χ4n) is 0.697. The molecule has 10 heavy (non-hydrogen) atoms. The minimum absolute atomic E-state index is 0.521. The maximum atomic E-state index is 8.92. The predicted octanol–water partition coefficient (Wildman–Crippen LogP) is 1.50. The van der Waals surface area contributed by atoms with Crippen molar-refractivity contribution in [1.82, 2.24) is 0 Å². The molecule has 0 aliphatic carbocycles. The average molecular weight is 167 g/mol. The van der Waals surface area contributed by atoms with Gasteiger partial charge in [-0.3, -0.25) is 9.11 Å². The Labute approximate surface area is 64.0 Å². The van der Waals surface area contributed by atoms with Gasteiger partial charge in [-0.2, -0.15) is 10.6 Å². The van der Waals surface area contributed by atoms with E-state index in [1.165, 1.54) is 6.26 Å². The van der Waals surface area contributed by atoms with E-state index in [1.807, 2.05) is 0 Å². The van der Waals surface area contributed by atoms with Gasteiger partial charge in [0.15, 0.2) is 0 Å². The summed E-state index contributed by atoms with van der Waals surface area (Å²) in [5, 5.41) is 0. The van der Waals surface area contributed by atoms with Crippen molar-refractivity contribution < 1.29 is 9.11 Å². The summed E-state index contributed by atoms with van der Waals surface area (Å²) in [4.78, 5) is 0. The maximum Gasteiger partial charge on any atom is 0.0371 e. The molecule has 0 amide bonds. The minimum atomic E-state index is -2.25. The van der Waals surface area contributed by atoms with Gasteiger partial charge >= 0.3 is 0 Å². The van der Waals surface area contributed by atoms with E-state index >= 15 is 0 Å². The van der Waals surface area contributed by atoms with E-state index in [-0.39, 0.29) is 0 Å². The van der Waals surface area contributed by atoms with Crippen LogP contribution >= 0.6 is 10.6 Å². The third kappa shape index (κ3) is 8.23. The summed E-state index contributed by atoms with van der Waals surface area (Å²) in [5.41, 5.74) is 5.26. The number of unbranched alkanes of at least 4 members (excludes halogenated alkanes) is 2. The van der Waals surface area contributed by atoms with Crippen molar-refractivity contribution in [2.45, 2.75) is 19.3 Å². The molecule has 0 saturated heterocycles. The SMILES string of the molecule is CS(O)(O)CCCCCN. The second-order valence-corrected chi connectivity index (χ2v) is 4.94. The largest absolute Gasteiger partial charge is 0.330 e. The smallest absolute Gasteiger partial charge is 0.0371 e. The first-order valence-corrected chi connectivity index (χ1v) is 5.59. The topological polar surface area (TPSA) is 66.5 Å². The molecule has 0 aliphatic heterocycles. The zero-order chi connectivity index (χ0) is 8.04. The van der Waals surface area contributed by atoms with Crippen LogP contribution in [0.5, 0.6) is 0 Å². The average Bonchev–Trinajstić information content (AvgIpc) is 1.78. The van der Waals surface area contributed by atoms with Crippen LogP contribution in [-0.4, -0.2) is 27.7 Å². The number of nitrogens with two attached hydrogens (primary N) is 1. The van der Waals surface area contributed by atoms with E-state index in [0.717, 1.165) is 19.3 Å². The number of rotatable bonds is 5. The molecular formula is C6H17NO2S. The van der Waals surface area contributed by atoms with Crippen LogP contribution in [0.1, 0.15) is 19.3 Å². The zero-order valence-corrected chi connectivity index (χ0v) is 7.23. The summed E-state index contributed by atoms with van der Waals surface area (Å²) in [6.07, 6.45) is 4.33. The van der Waals surface area contributed by atoms with Crippen LogP contribution in [0.4, 0.5) is 0 Å². The van der Waals surface area contributed by atoms with E-state index < -0.39 is 10.6 Å². The molecular weight excluding hydrogens is 150 g/mol. The van der Waals surface area contributed by atoms with E-state index in [4.69, 9.17) is 14.8 Å². The highest BCUT2D eigenvalue weighted by Gasteiger charge is 2.01. The molecule has 0 bridgehead atoms. The second-order valence-electron chi connectivity index (χ2n) is 2.55. The Bertz CT molecular complexity index is 82.3. The van der Waals surface area contributed by atoms with Crippen LogP contribution in [0.3, 0.4) is 0 Å². The summed E-state index contributed by atoms with van der Waals surface area (Å²) >= 11 is 0. The zero-order valence-electron chi connectivity index (χ0n) is 6.42. The molecule has 64 valence electrons. The van der Waals surface area contributed by atoms with Crippen LogP contribution in [0, 0.1) is 0 Å². The molecule has 4 heteroatoms. The van der Waals surface area contributed by atoms with Crippen LogP contribution in [-0.2, 0) is 0 Å². The van der Waals surface area contributed by atoms with Crippen molar-refractivity contribution in [2.75, 3.05) is 18.6 Å². The Hall–Kier alpha value is 0.230. The van der Waals surface area contributed by atoms with Gasteiger partial charge < -0.3 is 5.73 Å². The molecule has 0 unspecified atom stereocenters. The molecule has 0 heterocycles. The Balaban J connectivity index is 3.04. The number of hydrogen-bond donors (Lipinski definition) is 3. The molecule has 0 aromatic heterocycles. The van der Waals surface area contributed by atoms with Gasteiger partial charge in [-0.05, 0) is 19.4 Å². The van der Waals surface area contributed by atoms with Gasteiger partial charge in [-0.15, -0.1) is 0 Å². The minimum Gasteiger partial charge on any atom is -0.330 e. The Morgan fingerprint density at radius 2 is 1.80 bits per heavy atom. The van der Waals surface area contributed by atoms with Crippen molar-refractivity contribution in [2.24, 2.45) is 5.73 Å². The maximum absolute atomic E-state index is 8.92. The lowest BCUT2D eigenvalue weighted by Gasteiger charge is -2.26. The first-order valence-electron chi connectivity index (χ1n) is 3.47. The monoisotopic (exact) mass is 167 g/mol. The van der Waals surface area contributed by atoms with E-state index in [1.54, 1.807) is 0 Å². The summed E-state index contributed by atoms with van der Waals surface area (Å²) in [5.74, 6) is 0.521. The van der Waals surface area contributed by atoms with Gasteiger partial charge in [0.1, 0.15) is 0 Å². The molecule has 0 saturated carbocycles. The highest BCUT2D eigenvalue weighted by atomic mass is 32.3. The second kappa shape index (κ2) is 4.96. The Morgan fingerprint density at radius 3 is 2.20 bits per heavy atom. The Kier molecular flexibility index (Phi) is 5.07. The van der Waals surface area contributed by atoms with Gasteiger partial charge in [0.05, 0.1) is 0 Å². The summed E-state index contributed by atoms with van der Waals surface area (Å²) < 4.78 is 17.8. The first-order chi connectivity index (χ1) is 4.56. The van der Waals surface area contributed by atoms with E-state index in [0.29, 0.717) is 12.3 Å². The van der Waals surface area contributed by atoms with Gasteiger partial charge in [0.2, 0.25) is 0 Å². The van der Waals surface area contributed by atoms with E-state index in [9.17, 15) is 0 Å². The molecule has 0 aromatic carbocycles. The van der Waals surface area contributed by atoms with E-state index in [2.05, 4.69) is 0 Å². The van der Waals surface area contributed by atoms with Crippen molar-refractivity contribution in [1.29, 1.82) is 0 Å². The highest BCUT2D eigenvalue weighted by molar-refractivity contribution is 8.23. The fourth-order valence-corrected chi connectivity index (χ4v) is 1.45. The quantitative estimate of drug-likeness (QED) is 0.543. The molecule has 0 fully saturated rings. The first kappa shape index (κ1) is 10.2. The molecule has 0 aromatic rings. The molecule has 0 rings (SSSR count). The Morgan fingerprint density at radius 1 is 1.20 bits per heavy atom. The third-order valence-corrected chi connectivity index (χ3v) is 2.30. The van der Waals surface area contributed by atoms with Crippen molar-refractivity contribution in [3.05, 3.63) is 0 Å². The summed E-state index contributed by atoms with van der Waals surface area (Å²) in [7, 11) is -2.25. The lowest BCUT2D eigenvalue weighted by Crippen LogP contribution is -2.02. The molecule has 0 spiro atoms. The van der Waals surface area contributed by atoms with Crippen LogP contribution < -0.4 is 5.73 Å². The van der Waals surface area contributed by atoms with Crippen molar-refractivity contribution in [3.8, 4) is 0 Å². The van der Waals surface area contributed by atoms with Crippen LogP contribution in [0.25, 0.3) is 0 Å². The molecule has 3 nitrogen and oxygen atoms in total. The molecule has 0 atom stereocenters. The third-order valence-electron chi connectivity index (χ3n) is 1.24. The number of hydrogen-bond acceptors (Lipinski definition) is 3. The van der Waals surface area contributed by atoms with Crippen molar-refractivity contribution >= 4 is 10.6 Å². The predicted molar refractivity (Wildman–Crippen MR) is 46.5 cm³/mol. The van der Waals surface area contributed by atoms with Gasteiger partial charge in [-0.25, -0.2) is 0 Å². The lowest BCUT2D eigenvalue weighted by molar-refractivity contribution is 0.491. The van der Waals surface area contributed by atoms with Gasteiger partial charge in [0, 0.05) is 12.0 Å². The highest BCUT2D eigenvalue weighted by Crippen LogP contribution is 2.34. The molecule has 0 aliphatic rings. The molecule has 4 N–H and O–H groups in total. The summed E-state index contributed by atoms with van der Waals surface area (Å²) in [6, 6.07) is 0.